The van der Waals surface area contributed by atoms with Crippen molar-refractivity contribution in [3.63, 3.8) is 0 Å². The largest absolute Gasteiger partial charge is 1.00 e. The van der Waals surface area contributed by atoms with Gasteiger partial charge in [0.25, 0.3) is 0 Å². The fraction of sp³-hybridized carbons (Fsp3) is 0.318. The number of likely N-dealkylation sites (tertiary alicyclic amines) is 1. The number of carbonyl (C=O) groups is 3. The first-order chi connectivity index (χ1) is 14.0. The molecule has 3 rings (SSSR count). The summed E-state index contributed by atoms with van der Waals surface area (Å²) in [5.41, 5.74) is 0.588. The van der Waals surface area contributed by atoms with Crippen LogP contribution in [0.15, 0.2) is 65.6 Å². The molecule has 1 heterocycles. The molecule has 0 bridgehead atoms. The van der Waals surface area contributed by atoms with Crippen molar-refractivity contribution >= 4 is 40.5 Å². The molecular formula is C22H22KNO4S2. The summed E-state index contributed by atoms with van der Waals surface area (Å²) in [6, 6.07) is 17.7. The Balaban J connectivity index is 0.00000320. The van der Waals surface area contributed by atoms with Gasteiger partial charge in [-0.05, 0) is 18.6 Å². The van der Waals surface area contributed by atoms with E-state index in [9.17, 15) is 19.5 Å². The molecule has 1 fully saturated rings. The van der Waals surface area contributed by atoms with Gasteiger partial charge in [-0.2, -0.15) is 0 Å². The van der Waals surface area contributed by atoms with Crippen LogP contribution >= 0.6 is 23.5 Å². The third-order valence-electron chi connectivity index (χ3n) is 4.76. The third-order valence-corrected chi connectivity index (χ3v) is 7.14. The number of hydrogen-bond acceptors (Lipinski definition) is 6. The summed E-state index contributed by atoms with van der Waals surface area (Å²) in [6.07, 6.45) is 0.358. The van der Waals surface area contributed by atoms with Gasteiger partial charge in [-0.1, -0.05) is 67.2 Å². The maximum absolute atomic E-state index is 12.9. The standard InChI is InChI=1S/C22H23NO4S2.K/c1-15(14-28-22(27)16-8-4-2-5-9-16)20(24)23-13-18(12-19(23)21(25)26)29-17-10-6-3-7-11-17;/h2-11,15,18-19H,12-14H2,1H3,(H,25,26);/q;+1/p-1/t15-,18+,19+;/m1./s1. The molecule has 0 saturated carbocycles. The van der Waals surface area contributed by atoms with E-state index < -0.39 is 17.9 Å². The fourth-order valence-corrected chi connectivity index (χ4v) is 5.31. The summed E-state index contributed by atoms with van der Waals surface area (Å²) >= 11 is 2.66. The van der Waals surface area contributed by atoms with E-state index in [0.717, 1.165) is 16.7 Å². The summed E-state index contributed by atoms with van der Waals surface area (Å²) in [7, 11) is 0. The Morgan fingerprint density at radius 1 is 1.07 bits per heavy atom. The van der Waals surface area contributed by atoms with E-state index in [0.29, 0.717) is 24.3 Å². The Kier molecular flexibility index (Phi) is 10.6. The van der Waals surface area contributed by atoms with Crippen molar-refractivity contribution in [2.75, 3.05) is 12.3 Å². The number of carbonyl (C=O) groups excluding carboxylic acids is 3. The maximum atomic E-state index is 12.9. The smallest absolute Gasteiger partial charge is 0.548 e. The molecule has 152 valence electrons. The molecule has 1 aliphatic heterocycles. The van der Waals surface area contributed by atoms with Crippen molar-refractivity contribution in [1.29, 1.82) is 0 Å². The van der Waals surface area contributed by atoms with Crippen LogP contribution in [0.4, 0.5) is 0 Å². The topological polar surface area (TPSA) is 77.5 Å². The zero-order valence-electron chi connectivity index (χ0n) is 17.0. The average molecular weight is 468 g/mol. The number of benzene rings is 2. The number of rotatable bonds is 7. The van der Waals surface area contributed by atoms with Gasteiger partial charge in [0, 0.05) is 33.9 Å². The molecule has 0 N–H and O–H groups in total. The summed E-state index contributed by atoms with van der Waals surface area (Å²) < 4.78 is 0. The predicted octanol–water partition coefficient (Wildman–Crippen LogP) is -0.288. The quantitative estimate of drug-likeness (QED) is 0.521. The number of hydrogen-bond donors (Lipinski definition) is 0. The molecule has 0 aliphatic carbocycles. The van der Waals surface area contributed by atoms with E-state index >= 15 is 0 Å². The Labute approximate surface area is 227 Å². The minimum absolute atomic E-state index is 0. The van der Waals surface area contributed by atoms with Crippen molar-refractivity contribution in [2.24, 2.45) is 5.92 Å². The van der Waals surface area contributed by atoms with Gasteiger partial charge in [0.05, 0.1) is 12.0 Å². The molecule has 1 saturated heterocycles. The molecule has 5 nitrogen and oxygen atoms in total. The summed E-state index contributed by atoms with van der Waals surface area (Å²) in [5, 5.41) is 11.5. The van der Waals surface area contributed by atoms with Crippen molar-refractivity contribution < 1.29 is 70.9 Å². The second kappa shape index (κ2) is 12.4. The van der Waals surface area contributed by atoms with Gasteiger partial charge in [0.1, 0.15) is 0 Å². The minimum Gasteiger partial charge on any atom is -0.548 e. The Morgan fingerprint density at radius 3 is 2.27 bits per heavy atom. The van der Waals surface area contributed by atoms with Crippen LogP contribution in [-0.2, 0) is 9.59 Å². The number of amides is 1. The Morgan fingerprint density at radius 2 is 1.67 bits per heavy atom. The number of carboxylic acids is 1. The predicted molar refractivity (Wildman–Crippen MR) is 114 cm³/mol. The van der Waals surface area contributed by atoms with Crippen LogP contribution in [0.3, 0.4) is 0 Å². The molecule has 2 aromatic rings. The molecule has 1 aliphatic rings. The van der Waals surface area contributed by atoms with Gasteiger partial charge in [0.2, 0.25) is 11.0 Å². The summed E-state index contributed by atoms with van der Waals surface area (Å²) in [4.78, 5) is 39.2. The molecule has 8 heteroatoms. The van der Waals surface area contributed by atoms with Gasteiger partial charge in [0.15, 0.2) is 0 Å². The normalized spacial score (nSPS) is 19.0. The van der Waals surface area contributed by atoms with Gasteiger partial charge in [-0.25, -0.2) is 0 Å². The number of carboxylic acid groups (broad SMARTS) is 1. The molecule has 0 spiro atoms. The van der Waals surface area contributed by atoms with Crippen molar-refractivity contribution in [3.05, 3.63) is 66.2 Å². The number of nitrogens with zero attached hydrogens (tertiary/aromatic N) is 1. The zero-order chi connectivity index (χ0) is 20.8. The van der Waals surface area contributed by atoms with Crippen LogP contribution < -0.4 is 56.5 Å². The molecule has 1 amide bonds. The SMILES string of the molecule is C[C@H](CSC(=O)c1ccccc1)C(=O)N1C[C@@H](Sc2ccccc2)C[C@H]1C(=O)[O-].[K+]. The summed E-state index contributed by atoms with van der Waals surface area (Å²) in [5.74, 6) is -1.63. The van der Waals surface area contributed by atoms with Crippen LogP contribution in [0, 0.1) is 5.92 Å². The van der Waals surface area contributed by atoms with E-state index in [4.69, 9.17) is 0 Å². The molecule has 2 aromatic carbocycles. The average Bonchev–Trinajstić information content (AvgIpc) is 3.16. The van der Waals surface area contributed by atoms with Crippen molar-refractivity contribution in [2.45, 2.75) is 29.5 Å². The molecule has 0 unspecified atom stereocenters. The molecular weight excluding hydrogens is 445 g/mol. The first kappa shape index (κ1) is 25.6. The Hall–Kier alpha value is -0.614. The van der Waals surface area contributed by atoms with Crippen molar-refractivity contribution in [1.82, 2.24) is 4.90 Å². The van der Waals surface area contributed by atoms with E-state index in [1.165, 1.54) is 4.90 Å². The fourth-order valence-electron chi connectivity index (χ4n) is 3.25. The first-order valence-electron chi connectivity index (χ1n) is 9.41. The maximum Gasteiger partial charge on any atom is 1.00 e. The van der Waals surface area contributed by atoms with E-state index in [-0.39, 0.29) is 67.7 Å². The van der Waals surface area contributed by atoms with E-state index in [1.54, 1.807) is 43.0 Å². The van der Waals surface area contributed by atoms with Crippen molar-refractivity contribution in [3.8, 4) is 0 Å². The first-order valence-corrected chi connectivity index (χ1v) is 11.3. The zero-order valence-corrected chi connectivity index (χ0v) is 21.8. The van der Waals surface area contributed by atoms with Gasteiger partial charge >= 0.3 is 51.4 Å². The van der Waals surface area contributed by atoms with Gasteiger partial charge < -0.3 is 14.8 Å². The van der Waals surface area contributed by atoms with E-state index in [1.807, 2.05) is 36.4 Å². The molecule has 3 atom stereocenters. The van der Waals surface area contributed by atoms with Crippen LogP contribution in [-0.4, -0.2) is 45.5 Å². The molecule has 30 heavy (non-hydrogen) atoms. The minimum atomic E-state index is -1.23. The van der Waals surface area contributed by atoms with Crippen LogP contribution in [0.5, 0.6) is 0 Å². The van der Waals surface area contributed by atoms with Crippen LogP contribution in [0.25, 0.3) is 0 Å². The molecule has 0 aromatic heterocycles. The summed E-state index contributed by atoms with van der Waals surface area (Å²) in [6.45, 7) is 2.09. The van der Waals surface area contributed by atoms with Gasteiger partial charge in [-0.15, -0.1) is 11.8 Å². The Bertz CT molecular complexity index is 866. The third kappa shape index (κ3) is 6.95. The second-order valence-electron chi connectivity index (χ2n) is 6.98. The number of aliphatic carboxylic acids is 1. The van der Waals surface area contributed by atoms with Gasteiger partial charge in [-0.3, -0.25) is 9.59 Å². The monoisotopic (exact) mass is 467 g/mol. The number of thioether (sulfide) groups is 2. The van der Waals surface area contributed by atoms with Crippen LogP contribution in [0.2, 0.25) is 0 Å². The van der Waals surface area contributed by atoms with Crippen LogP contribution in [0.1, 0.15) is 23.7 Å². The molecule has 0 radical (unpaired) electrons. The second-order valence-corrected chi connectivity index (χ2v) is 9.35. The van der Waals surface area contributed by atoms with E-state index in [2.05, 4.69) is 0 Å².